The van der Waals surface area contributed by atoms with Gasteiger partial charge in [-0.3, -0.25) is 9.59 Å². The Morgan fingerprint density at radius 2 is 1.80 bits per heavy atom. The number of hydrogen-bond acceptors (Lipinski definition) is 2. The van der Waals surface area contributed by atoms with Crippen LogP contribution in [0.1, 0.15) is 25.8 Å². The topological polar surface area (TPSA) is 49.4 Å². The lowest BCUT2D eigenvalue weighted by molar-refractivity contribution is -0.135. The van der Waals surface area contributed by atoms with Crippen LogP contribution in [0.4, 0.5) is 0 Å². The molecule has 20 heavy (non-hydrogen) atoms. The second kappa shape index (κ2) is 7.68. The van der Waals surface area contributed by atoms with Crippen molar-refractivity contribution in [3.63, 3.8) is 0 Å². The van der Waals surface area contributed by atoms with Crippen molar-refractivity contribution in [1.29, 1.82) is 0 Å². The third-order valence-electron chi connectivity index (χ3n) is 3.44. The maximum absolute atomic E-state index is 12.1. The van der Waals surface area contributed by atoms with Crippen LogP contribution in [-0.4, -0.2) is 36.9 Å². The SMILES string of the molecule is CCC(C)C(NC(=O)Cc1ccccc1)C(=O)N(C)C. The summed E-state index contributed by atoms with van der Waals surface area (Å²) in [5, 5.41) is 2.87. The third kappa shape index (κ3) is 4.68. The summed E-state index contributed by atoms with van der Waals surface area (Å²) in [6, 6.07) is 9.08. The highest BCUT2D eigenvalue weighted by Crippen LogP contribution is 2.10. The highest BCUT2D eigenvalue weighted by atomic mass is 16.2. The van der Waals surface area contributed by atoms with Crippen LogP contribution >= 0.6 is 0 Å². The molecule has 1 rings (SSSR count). The second-order valence-electron chi connectivity index (χ2n) is 5.33. The minimum Gasteiger partial charge on any atom is -0.347 e. The lowest BCUT2D eigenvalue weighted by Gasteiger charge is -2.26. The van der Waals surface area contributed by atoms with Crippen LogP contribution in [-0.2, 0) is 16.0 Å². The second-order valence-corrected chi connectivity index (χ2v) is 5.33. The lowest BCUT2D eigenvalue weighted by Crippen LogP contribution is -2.50. The monoisotopic (exact) mass is 276 g/mol. The first kappa shape index (κ1) is 16.2. The molecule has 110 valence electrons. The van der Waals surface area contributed by atoms with Gasteiger partial charge < -0.3 is 10.2 Å². The Labute approximate surface area is 121 Å². The minimum atomic E-state index is -0.453. The summed E-state index contributed by atoms with van der Waals surface area (Å²) in [6.07, 6.45) is 1.14. The maximum Gasteiger partial charge on any atom is 0.244 e. The standard InChI is InChI=1S/C16H24N2O2/c1-5-12(2)15(16(20)18(3)4)17-14(19)11-13-9-7-6-8-10-13/h6-10,12,15H,5,11H2,1-4H3,(H,17,19). The number of hydrogen-bond donors (Lipinski definition) is 1. The summed E-state index contributed by atoms with van der Waals surface area (Å²) >= 11 is 0. The van der Waals surface area contributed by atoms with Crippen LogP contribution in [0.2, 0.25) is 0 Å². The lowest BCUT2D eigenvalue weighted by atomic mass is 9.97. The summed E-state index contributed by atoms with van der Waals surface area (Å²) in [7, 11) is 3.42. The van der Waals surface area contributed by atoms with Gasteiger partial charge in [-0.25, -0.2) is 0 Å². The van der Waals surface area contributed by atoms with E-state index in [0.29, 0.717) is 6.42 Å². The average Bonchev–Trinajstić information content (AvgIpc) is 2.44. The molecule has 2 amide bonds. The van der Waals surface area contributed by atoms with Gasteiger partial charge in [0.1, 0.15) is 6.04 Å². The number of nitrogens with one attached hydrogen (secondary N) is 1. The number of carbonyl (C=O) groups excluding carboxylic acids is 2. The van der Waals surface area contributed by atoms with Crippen LogP contribution in [0.5, 0.6) is 0 Å². The van der Waals surface area contributed by atoms with Crippen molar-refractivity contribution in [3.8, 4) is 0 Å². The van der Waals surface area contributed by atoms with Crippen molar-refractivity contribution in [2.45, 2.75) is 32.7 Å². The Morgan fingerprint density at radius 1 is 1.20 bits per heavy atom. The molecule has 0 bridgehead atoms. The number of benzene rings is 1. The molecule has 1 aromatic carbocycles. The van der Waals surface area contributed by atoms with E-state index in [1.165, 1.54) is 4.90 Å². The van der Waals surface area contributed by atoms with Crippen molar-refractivity contribution < 1.29 is 9.59 Å². The quantitative estimate of drug-likeness (QED) is 0.862. The van der Waals surface area contributed by atoms with Crippen molar-refractivity contribution in [2.24, 2.45) is 5.92 Å². The number of nitrogens with zero attached hydrogens (tertiary/aromatic N) is 1. The van der Waals surface area contributed by atoms with E-state index < -0.39 is 6.04 Å². The molecule has 4 heteroatoms. The molecule has 0 fully saturated rings. The van der Waals surface area contributed by atoms with E-state index in [0.717, 1.165) is 12.0 Å². The Hall–Kier alpha value is -1.84. The summed E-state index contributed by atoms with van der Waals surface area (Å²) in [4.78, 5) is 25.8. The Balaban J connectivity index is 2.70. The van der Waals surface area contributed by atoms with Crippen molar-refractivity contribution in [2.75, 3.05) is 14.1 Å². The fourth-order valence-corrected chi connectivity index (χ4v) is 1.97. The predicted octanol–water partition coefficient (Wildman–Crippen LogP) is 1.85. The Bertz CT molecular complexity index is 443. The zero-order chi connectivity index (χ0) is 15.1. The van der Waals surface area contributed by atoms with Gasteiger partial charge >= 0.3 is 0 Å². The zero-order valence-electron chi connectivity index (χ0n) is 12.7. The molecular formula is C16H24N2O2. The van der Waals surface area contributed by atoms with Gasteiger partial charge in [0.25, 0.3) is 0 Å². The van der Waals surface area contributed by atoms with Gasteiger partial charge in [-0.2, -0.15) is 0 Å². The molecule has 0 saturated carbocycles. The molecule has 0 radical (unpaired) electrons. The first-order chi connectivity index (χ1) is 9.45. The molecule has 1 N–H and O–H groups in total. The Kier molecular flexibility index (Phi) is 6.22. The van der Waals surface area contributed by atoms with Crippen molar-refractivity contribution in [3.05, 3.63) is 35.9 Å². The van der Waals surface area contributed by atoms with E-state index in [9.17, 15) is 9.59 Å². The van der Waals surface area contributed by atoms with Gasteiger partial charge in [0.15, 0.2) is 0 Å². The van der Waals surface area contributed by atoms with Crippen LogP contribution in [0.25, 0.3) is 0 Å². The Morgan fingerprint density at radius 3 is 2.30 bits per heavy atom. The van der Waals surface area contributed by atoms with E-state index in [4.69, 9.17) is 0 Å². The average molecular weight is 276 g/mol. The number of amides is 2. The smallest absolute Gasteiger partial charge is 0.244 e. The molecule has 4 nitrogen and oxygen atoms in total. The highest BCUT2D eigenvalue weighted by molar-refractivity contribution is 5.88. The van der Waals surface area contributed by atoms with Gasteiger partial charge in [0.2, 0.25) is 11.8 Å². The maximum atomic E-state index is 12.1. The molecule has 0 saturated heterocycles. The van der Waals surface area contributed by atoms with Gasteiger partial charge in [-0.15, -0.1) is 0 Å². The van der Waals surface area contributed by atoms with Crippen molar-refractivity contribution in [1.82, 2.24) is 10.2 Å². The molecule has 0 aliphatic carbocycles. The third-order valence-corrected chi connectivity index (χ3v) is 3.44. The fourth-order valence-electron chi connectivity index (χ4n) is 1.97. The molecule has 0 spiro atoms. The molecule has 0 aliphatic heterocycles. The summed E-state index contributed by atoms with van der Waals surface area (Å²) in [5.41, 5.74) is 0.949. The molecule has 1 aromatic rings. The summed E-state index contributed by atoms with van der Waals surface area (Å²) in [6.45, 7) is 4.00. The van der Waals surface area contributed by atoms with Crippen molar-refractivity contribution >= 4 is 11.8 Å². The predicted molar refractivity (Wildman–Crippen MR) is 80.2 cm³/mol. The molecular weight excluding hydrogens is 252 g/mol. The van der Waals surface area contributed by atoms with Crippen LogP contribution in [0, 0.1) is 5.92 Å². The summed E-state index contributed by atoms with van der Waals surface area (Å²) in [5.74, 6) is -0.0536. The number of carbonyl (C=O) groups is 2. The van der Waals surface area contributed by atoms with E-state index >= 15 is 0 Å². The molecule has 0 aliphatic rings. The normalized spacial score (nSPS) is 13.4. The van der Waals surface area contributed by atoms with E-state index in [2.05, 4.69) is 5.32 Å². The summed E-state index contributed by atoms with van der Waals surface area (Å²) < 4.78 is 0. The molecule has 2 atom stereocenters. The van der Waals surface area contributed by atoms with Gasteiger partial charge in [-0.1, -0.05) is 50.6 Å². The largest absolute Gasteiger partial charge is 0.347 e. The molecule has 2 unspecified atom stereocenters. The highest BCUT2D eigenvalue weighted by Gasteiger charge is 2.26. The van der Waals surface area contributed by atoms with E-state index in [-0.39, 0.29) is 17.7 Å². The van der Waals surface area contributed by atoms with E-state index in [1.54, 1.807) is 14.1 Å². The van der Waals surface area contributed by atoms with Crippen LogP contribution in [0.15, 0.2) is 30.3 Å². The molecule has 0 heterocycles. The number of rotatable bonds is 6. The van der Waals surface area contributed by atoms with Gasteiger partial charge in [0, 0.05) is 14.1 Å². The van der Waals surface area contributed by atoms with E-state index in [1.807, 2.05) is 44.2 Å². The van der Waals surface area contributed by atoms with Crippen LogP contribution in [0.3, 0.4) is 0 Å². The number of likely N-dealkylation sites (N-methyl/N-ethyl adjacent to an activating group) is 1. The fraction of sp³-hybridized carbons (Fsp3) is 0.500. The first-order valence-electron chi connectivity index (χ1n) is 7.00. The minimum absolute atomic E-state index is 0.0549. The van der Waals surface area contributed by atoms with Gasteiger partial charge in [0.05, 0.1) is 6.42 Å². The zero-order valence-corrected chi connectivity index (χ0v) is 12.7. The first-order valence-corrected chi connectivity index (χ1v) is 7.00. The van der Waals surface area contributed by atoms with Crippen LogP contribution < -0.4 is 5.32 Å². The molecule has 0 aromatic heterocycles. The van der Waals surface area contributed by atoms with Gasteiger partial charge in [-0.05, 0) is 11.5 Å².